The molecule has 0 aliphatic rings. The summed E-state index contributed by atoms with van der Waals surface area (Å²) in [6.07, 6.45) is -1.65. The van der Waals surface area contributed by atoms with Gasteiger partial charge in [0.2, 0.25) is 0 Å². The number of nitrogens with zero attached hydrogens (tertiary/aromatic N) is 1. The fourth-order valence-electron chi connectivity index (χ4n) is 0.965. The third-order valence-corrected chi connectivity index (χ3v) is 2.01. The zero-order chi connectivity index (χ0) is 11.5. The van der Waals surface area contributed by atoms with Crippen LogP contribution in [0, 0.1) is 0 Å². The lowest BCUT2D eigenvalue weighted by atomic mass is 10.2. The van der Waals surface area contributed by atoms with E-state index in [9.17, 15) is 13.2 Å². The highest BCUT2D eigenvalue weighted by molar-refractivity contribution is 9.10. The molecule has 15 heavy (non-hydrogen) atoms. The van der Waals surface area contributed by atoms with Crippen molar-refractivity contribution < 1.29 is 13.2 Å². The van der Waals surface area contributed by atoms with Crippen LogP contribution in [-0.4, -0.2) is 11.5 Å². The van der Waals surface area contributed by atoms with E-state index in [1.165, 1.54) is 12.3 Å². The first kappa shape index (κ1) is 12.0. The van der Waals surface area contributed by atoms with Crippen molar-refractivity contribution in [1.29, 1.82) is 0 Å². The van der Waals surface area contributed by atoms with Crippen LogP contribution in [0.3, 0.4) is 0 Å². The molecular formula is C9H8BrF3N2. The average Bonchev–Trinajstić information content (AvgIpc) is 2.14. The van der Waals surface area contributed by atoms with E-state index in [4.69, 9.17) is 0 Å². The minimum Gasteiger partial charge on any atom is -0.366 e. The molecule has 82 valence electrons. The summed E-state index contributed by atoms with van der Waals surface area (Å²) in [4.78, 5) is 3.66. The summed E-state index contributed by atoms with van der Waals surface area (Å²) in [5.74, 6) is -0.189. The van der Waals surface area contributed by atoms with E-state index < -0.39 is 11.7 Å². The van der Waals surface area contributed by atoms with Crippen molar-refractivity contribution in [1.82, 2.24) is 4.98 Å². The van der Waals surface area contributed by atoms with E-state index >= 15 is 0 Å². The average molecular weight is 281 g/mol. The lowest BCUT2D eigenvalue weighted by Gasteiger charge is -2.12. The maximum absolute atomic E-state index is 12.5. The summed E-state index contributed by atoms with van der Waals surface area (Å²) in [6, 6.07) is 0.985. The number of hydrogen-bond acceptors (Lipinski definition) is 2. The van der Waals surface area contributed by atoms with Gasteiger partial charge in [-0.2, -0.15) is 13.2 Å². The standard InChI is InChI=1S/C9H8BrF3N2/c1-2-3-14-8-7(9(11,12)13)4-6(10)5-15-8/h2,4-5H,1,3H2,(H,14,15). The van der Waals surface area contributed by atoms with Crippen molar-refractivity contribution in [3.8, 4) is 0 Å². The number of halogens is 4. The highest BCUT2D eigenvalue weighted by Crippen LogP contribution is 2.35. The molecule has 1 heterocycles. The molecule has 1 aromatic rings. The van der Waals surface area contributed by atoms with Crippen LogP contribution in [0.15, 0.2) is 29.4 Å². The Labute approximate surface area is 93.3 Å². The van der Waals surface area contributed by atoms with Gasteiger partial charge in [-0.3, -0.25) is 0 Å². The van der Waals surface area contributed by atoms with E-state index in [2.05, 4.69) is 32.8 Å². The Morgan fingerprint density at radius 2 is 2.20 bits per heavy atom. The van der Waals surface area contributed by atoms with E-state index in [-0.39, 0.29) is 12.4 Å². The van der Waals surface area contributed by atoms with Crippen molar-refractivity contribution in [3.63, 3.8) is 0 Å². The molecule has 0 saturated heterocycles. The largest absolute Gasteiger partial charge is 0.419 e. The fourth-order valence-corrected chi connectivity index (χ4v) is 1.30. The molecule has 1 aromatic heterocycles. The molecule has 0 aliphatic heterocycles. The van der Waals surface area contributed by atoms with Crippen LogP contribution in [0.25, 0.3) is 0 Å². The van der Waals surface area contributed by atoms with Crippen molar-refractivity contribution in [3.05, 3.63) is 35.0 Å². The predicted octanol–water partition coefficient (Wildman–Crippen LogP) is 3.46. The zero-order valence-corrected chi connectivity index (χ0v) is 9.19. The number of pyridine rings is 1. The maximum Gasteiger partial charge on any atom is 0.419 e. The minimum atomic E-state index is -4.42. The first-order chi connectivity index (χ1) is 6.95. The molecule has 1 rings (SSSR count). The molecule has 6 heteroatoms. The highest BCUT2D eigenvalue weighted by Gasteiger charge is 2.34. The first-order valence-corrected chi connectivity index (χ1v) is 4.82. The molecule has 0 saturated carbocycles. The molecule has 0 spiro atoms. The zero-order valence-electron chi connectivity index (χ0n) is 7.61. The Bertz CT molecular complexity index is 363. The molecule has 0 aliphatic carbocycles. The van der Waals surface area contributed by atoms with Crippen molar-refractivity contribution in [2.45, 2.75) is 6.18 Å². The maximum atomic E-state index is 12.5. The van der Waals surface area contributed by atoms with Gasteiger partial charge in [-0.05, 0) is 22.0 Å². The molecule has 2 nitrogen and oxygen atoms in total. The van der Waals surface area contributed by atoms with Gasteiger partial charge < -0.3 is 5.32 Å². The van der Waals surface area contributed by atoms with Crippen molar-refractivity contribution in [2.24, 2.45) is 0 Å². The Morgan fingerprint density at radius 1 is 1.53 bits per heavy atom. The molecule has 0 amide bonds. The van der Waals surface area contributed by atoms with E-state index in [1.54, 1.807) is 0 Å². The fraction of sp³-hybridized carbons (Fsp3) is 0.222. The number of hydrogen-bond donors (Lipinski definition) is 1. The van der Waals surface area contributed by atoms with Gasteiger partial charge in [-0.15, -0.1) is 6.58 Å². The molecular weight excluding hydrogens is 273 g/mol. The molecule has 0 fully saturated rings. The van der Waals surface area contributed by atoms with Gasteiger partial charge >= 0.3 is 6.18 Å². The second kappa shape index (κ2) is 4.65. The van der Waals surface area contributed by atoms with Crippen LogP contribution in [-0.2, 0) is 6.18 Å². The van der Waals surface area contributed by atoms with Gasteiger partial charge in [0.25, 0.3) is 0 Å². The Balaban J connectivity index is 3.09. The second-order valence-corrected chi connectivity index (χ2v) is 3.63. The van der Waals surface area contributed by atoms with Gasteiger partial charge in [-0.25, -0.2) is 4.98 Å². The summed E-state index contributed by atoms with van der Waals surface area (Å²) >= 11 is 2.95. The lowest BCUT2D eigenvalue weighted by molar-refractivity contribution is -0.137. The first-order valence-electron chi connectivity index (χ1n) is 4.02. The van der Waals surface area contributed by atoms with E-state index in [0.717, 1.165) is 6.07 Å². The Hall–Kier alpha value is -1.04. The van der Waals surface area contributed by atoms with Gasteiger partial charge in [0.05, 0.1) is 5.56 Å². The molecule has 0 unspecified atom stereocenters. The number of aromatic nitrogens is 1. The second-order valence-electron chi connectivity index (χ2n) is 2.72. The van der Waals surface area contributed by atoms with Gasteiger partial charge in [-0.1, -0.05) is 6.08 Å². The smallest absolute Gasteiger partial charge is 0.366 e. The van der Waals surface area contributed by atoms with Crippen LogP contribution in [0.2, 0.25) is 0 Å². The van der Waals surface area contributed by atoms with Gasteiger partial charge in [0.1, 0.15) is 5.82 Å². The third kappa shape index (κ3) is 3.23. The molecule has 0 bridgehead atoms. The van der Waals surface area contributed by atoms with E-state index in [1.807, 2.05) is 0 Å². The molecule has 1 N–H and O–H groups in total. The minimum absolute atomic E-state index is 0.189. The number of nitrogens with one attached hydrogen (secondary N) is 1. The summed E-state index contributed by atoms with van der Waals surface area (Å²) < 4.78 is 37.9. The van der Waals surface area contributed by atoms with Crippen LogP contribution in [0.1, 0.15) is 5.56 Å². The number of anilines is 1. The lowest BCUT2D eigenvalue weighted by Crippen LogP contribution is -2.12. The summed E-state index contributed by atoms with van der Waals surface area (Å²) in [5.41, 5.74) is -0.793. The van der Waals surface area contributed by atoms with Crippen LogP contribution in [0.5, 0.6) is 0 Å². The molecule has 0 radical (unpaired) electrons. The monoisotopic (exact) mass is 280 g/mol. The SMILES string of the molecule is C=CCNc1ncc(Br)cc1C(F)(F)F. The van der Waals surface area contributed by atoms with Gasteiger partial charge in [0, 0.05) is 17.2 Å². The van der Waals surface area contributed by atoms with E-state index in [0.29, 0.717) is 4.47 Å². The van der Waals surface area contributed by atoms with Crippen LogP contribution < -0.4 is 5.32 Å². The predicted molar refractivity (Wildman–Crippen MR) is 55.6 cm³/mol. The highest BCUT2D eigenvalue weighted by atomic mass is 79.9. The summed E-state index contributed by atoms with van der Waals surface area (Å²) in [7, 11) is 0. The topological polar surface area (TPSA) is 24.9 Å². The molecule has 0 atom stereocenters. The molecule has 0 aromatic carbocycles. The Kier molecular flexibility index (Phi) is 3.73. The Morgan fingerprint density at radius 3 is 2.73 bits per heavy atom. The quantitative estimate of drug-likeness (QED) is 0.858. The van der Waals surface area contributed by atoms with Crippen LogP contribution >= 0.6 is 15.9 Å². The third-order valence-electron chi connectivity index (χ3n) is 1.57. The summed E-state index contributed by atoms with van der Waals surface area (Å²) in [6.45, 7) is 3.64. The van der Waals surface area contributed by atoms with Crippen LogP contribution in [0.4, 0.5) is 19.0 Å². The summed E-state index contributed by atoms with van der Waals surface area (Å²) in [5, 5.41) is 2.53. The van der Waals surface area contributed by atoms with Gasteiger partial charge in [0.15, 0.2) is 0 Å². The normalized spacial score (nSPS) is 11.2. The number of alkyl halides is 3. The van der Waals surface area contributed by atoms with Crippen molar-refractivity contribution in [2.75, 3.05) is 11.9 Å². The number of rotatable bonds is 3. The van der Waals surface area contributed by atoms with Crippen molar-refractivity contribution >= 4 is 21.7 Å².